The molecule has 1 aromatic carbocycles. The molecule has 0 bridgehead atoms. The maximum absolute atomic E-state index is 12.2. The summed E-state index contributed by atoms with van der Waals surface area (Å²) in [5.74, 6) is 0.558. The zero-order valence-corrected chi connectivity index (χ0v) is 19.0. The lowest BCUT2D eigenvalue weighted by molar-refractivity contribution is 0.0923. The average Bonchev–Trinajstić information content (AvgIpc) is 3.35. The van der Waals surface area contributed by atoms with Crippen LogP contribution in [0.3, 0.4) is 0 Å². The second-order valence-corrected chi connectivity index (χ2v) is 7.72. The minimum absolute atomic E-state index is 0.194. The maximum atomic E-state index is 12.2. The largest absolute Gasteiger partial charge is 0.487 e. The van der Waals surface area contributed by atoms with Crippen molar-refractivity contribution in [2.45, 2.75) is 27.0 Å². The second kappa shape index (κ2) is 10.2. The standard InChI is InChI=1S/C25H23ClN4O3/c1-3-9-28-21-11-16(2)30-24-18(21)6-4-7-22(24)33-15-19-17(12-27-14-20(19)26)13-29-25(31)23-8-5-10-32-23/h3-12,14H,13,15H2,1-2H3,(H,28,30)(H,29,31)/b9-3-. The highest BCUT2D eigenvalue weighted by molar-refractivity contribution is 6.31. The molecule has 0 radical (unpaired) electrons. The van der Waals surface area contributed by atoms with Crippen molar-refractivity contribution in [2.75, 3.05) is 5.32 Å². The Morgan fingerprint density at radius 1 is 1.24 bits per heavy atom. The number of anilines is 1. The molecule has 0 unspecified atom stereocenters. The van der Waals surface area contributed by atoms with Crippen LogP contribution in [0.4, 0.5) is 5.69 Å². The summed E-state index contributed by atoms with van der Waals surface area (Å²) in [6, 6.07) is 11.1. The molecule has 0 fully saturated rings. The zero-order valence-electron chi connectivity index (χ0n) is 18.3. The summed E-state index contributed by atoms with van der Waals surface area (Å²) in [6.07, 6.45) is 8.48. The molecule has 0 atom stereocenters. The highest BCUT2D eigenvalue weighted by Crippen LogP contribution is 2.31. The number of hydrogen-bond acceptors (Lipinski definition) is 6. The fourth-order valence-corrected chi connectivity index (χ4v) is 3.63. The van der Waals surface area contributed by atoms with Gasteiger partial charge in [0.1, 0.15) is 17.9 Å². The Kier molecular flexibility index (Phi) is 6.90. The first-order chi connectivity index (χ1) is 16.1. The van der Waals surface area contributed by atoms with Gasteiger partial charge in [-0.2, -0.15) is 0 Å². The molecule has 33 heavy (non-hydrogen) atoms. The fourth-order valence-electron chi connectivity index (χ4n) is 3.40. The van der Waals surface area contributed by atoms with E-state index >= 15 is 0 Å². The van der Waals surface area contributed by atoms with Gasteiger partial charge in [-0.1, -0.05) is 29.8 Å². The number of furan rings is 1. The van der Waals surface area contributed by atoms with Crippen molar-refractivity contribution in [3.8, 4) is 5.75 Å². The van der Waals surface area contributed by atoms with Crippen LogP contribution in [0.5, 0.6) is 5.75 Å². The molecule has 8 heteroatoms. The monoisotopic (exact) mass is 462 g/mol. The molecule has 2 N–H and O–H groups in total. The number of halogens is 1. The predicted octanol–water partition coefficient (Wildman–Crippen LogP) is 5.64. The van der Waals surface area contributed by atoms with Gasteiger partial charge in [0.2, 0.25) is 0 Å². The van der Waals surface area contributed by atoms with Gasteiger partial charge in [0, 0.05) is 41.3 Å². The molecule has 0 saturated heterocycles. The maximum Gasteiger partial charge on any atom is 0.287 e. The lowest BCUT2D eigenvalue weighted by Gasteiger charge is -2.15. The van der Waals surface area contributed by atoms with E-state index in [1.54, 1.807) is 24.5 Å². The van der Waals surface area contributed by atoms with Gasteiger partial charge >= 0.3 is 0 Å². The Balaban J connectivity index is 1.57. The Bertz CT molecular complexity index is 1300. The molecule has 0 aliphatic carbocycles. The number of pyridine rings is 2. The van der Waals surface area contributed by atoms with E-state index in [-0.39, 0.29) is 24.8 Å². The molecule has 4 aromatic rings. The molecular weight excluding hydrogens is 440 g/mol. The Hall–Kier alpha value is -3.84. The number of para-hydroxylation sites is 1. The van der Waals surface area contributed by atoms with Crippen molar-refractivity contribution >= 4 is 34.1 Å². The fraction of sp³-hybridized carbons (Fsp3) is 0.160. The number of ether oxygens (including phenoxy) is 1. The third kappa shape index (κ3) is 5.15. The second-order valence-electron chi connectivity index (χ2n) is 7.32. The van der Waals surface area contributed by atoms with Gasteiger partial charge in [-0.15, -0.1) is 0 Å². The third-order valence-corrected chi connectivity index (χ3v) is 5.31. The number of carbonyl (C=O) groups is 1. The number of rotatable bonds is 8. The summed E-state index contributed by atoms with van der Waals surface area (Å²) in [6.45, 7) is 4.32. The van der Waals surface area contributed by atoms with Crippen LogP contribution in [0.2, 0.25) is 5.02 Å². The van der Waals surface area contributed by atoms with Crippen molar-refractivity contribution in [3.63, 3.8) is 0 Å². The molecule has 0 aliphatic heterocycles. The highest BCUT2D eigenvalue weighted by Gasteiger charge is 2.14. The van der Waals surface area contributed by atoms with Gasteiger partial charge in [0.05, 0.1) is 11.3 Å². The molecule has 0 saturated carbocycles. The van der Waals surface area contributed by atoms with Crippen molar-refractivity contribution < 1.29 is 13.9 Å². The van der Waals surface area contributed by atoms with E-state index in [1.165, 1.54) is 6.26 Å². The van der Waals surface area contributed by atoms with E-state index in [0.29, 0.717) is 10.8 Å². The number of benzene rings is 1. The molecule has 1 amide bonds. The molecule has 3 aromatic heterocycles. The molecule has 168 valence electrons. The van der Waals surface area contributed by atoms with Crippen molar-refractivity contribution in [1.29, 1.82) is 0 Å². The van der Waals surface area contributed by atoms with Crippen LogP contribution in [0.15, 0.2) is 71.7 Å². The van der Waals surface area contributed by atoms with Crippen LogP contribution in [0.25, 0.3) is 10.9 Å². The summed E-state index contributed by atoms with van der Waals surface area (Å²) in [5.41, 5.74) is 4.06. The minimum atomic E-state index is -0.318. The zero-order chi connectivity index (χ0) is 23.2. The van der Waals surface area contributed by atoms with Gasteiger partial charge in [0.25, 0.3) is 5.91 Å². The van der Waals surface area contributed by atoms with E-state index in [1.807, 2.05) is 50.4 Å². The molecular formula is C25H23ClN4O3. The SMILES string of the molecule is C/C=C\Nc1cc(C)nc2c(OCc3c(Cl)cncc3CNC(=O)c3ccco3)cccc12. The van der Waals surface area contributed by atoms with Crippen molar-refractivity contribution in [3.05, 3.63) is 94.9 Å². The average molecular weight is 463 g/mol. The molecule has 0 spiro atoms. The number of amides is 1. The quantitative estimate of drug-likeness (QED) is 0.352. The number of nitrogens with one attached hydrogen (secondary N) is 2. The van der Waals surface area contributed by atoms with Gasteiger partial charge in [0.15, 0.2) is 5.76 Å². The Morgan fingerprint density at radius 3 is 2.91 bits per heavy atom. The van der Waals surface area contributed by atoms with Gasteiger partial charge in [-0.25, -0.2) is 4.98 Å². The smallest absolute Gasteiger partial charge is 0.287 e. The third-order valence-electron chi connectivity index (χ3n) is 4.99. The minimum Gasteiger partial charge on any atom is -0.487 e. The van der Waals surface area contributed by atoms with E-state index in [0.717, 1.165) is 33.4 Å². The summed E-state index contributed by atoms with van der Waals surface area (Å²) in [5, 5.41) is 7.51. The first-order valence-electron chi connectivity index (χ1n) is 10.4. The number of carbonyl (C=O) groups excluding carboxylic acids is 1. The summed E-state index contributed by atoms with van der Waals surface area (Å²) in [4.78, 5) is 21.1. The van der Waals surface area contributed by atoms with E-state index in [4.69, 9.17) is 20.8 Å². The molecule has 4 rings (SSSR count). The van der Waals surface area contributed by atoms with Crippen molar-refractivity contribution in [2.24, 2.45) is 0 Å². The number of aryl methyl sites for hydroxylation is 1. The number of nitrogens with zero attached hydrogens (tertiary/aromatic N) is 2. The lowest BCUT2D eigenvalue weighted by Crippen LogP contribution is -2.23. The summed E-state index contributed by atoms with van der Waals surface area (Å²) in [7, 11) is 0. The normalized spacial score (nSPS) is 11.1. The van der Waals surface area contributed by atoms with Crippen LogP contribution in [-0.4, -0.2) is 15.9 Å². The molecule has 3 heterocycles. The van der Waals surface area contributed by atoms with E-state index in [2.05, 4.69) is 20.6 Å². The lowest BCUT2D eigenvalue weighted by atomic mass is 10.1. The van der Waals surface area contributed by atoms with E-state index in [9.17, 15) is 4.79 Å². The van der Waals surface area contributed by atoms with Crippen LogP contribution >= 0.6 is 11.6 Å². The Morgan fingerprint density at radius 2 is 2.12 bits per heavy atom. The highest BCUT2D eigenvalue weighted by atomic mass is 35.5. The van der Waals surface area contributed by atoms with Gasteiger partial charge < -0.3 is 19.8 Å². The molecule has 0 aliphatic rings. The number of allylic oxidation sites excluding steroid dienone is 1. The van der Waals surface area contributed by atoms with Crippen LogP contribution < -0.4 is 15.4 Å². The first kappa shape index (κ1) is 22.4. The first-order valence-corrected chi connectivity index (χ1v) is 10.8. The van der Waals surface area contributed by atoms with Crippen LogP contribution in [0, 0.1) is 6.92 Å². The number of fused-ring (bicyclic) bond motifs is 1. The van der Waals surface area contributed by atoms with Gasteiger partial charge in [-0.3, -0.25) is 9.78 Å². The van der Waals surface area contributed by atoms with Crippen LogP contribution in [0.1, 0.15) is 34.3 Å². The van der Waals surface area contributed by atoms with Crippen molar-refractivity contribution in [1.82, 2.24) is 15.3 Å². The number of hydrogen-bond donors (Lipinski definition) is 2. The van der Waals surface area contributed by atoms with E-state index < -0.39 is 0 Å². The number of aromatic nitrogens is 2. The molecule has 7 nitrogen and oxygen atoms in total. The van der Waals surface area contributed by atoms with Crippen LogP contribution in [-0.2, 0) is 13.2 Å². The Labute approximate surface area is 196 Å². The topological polar surface area (TPSA) is 89.3 Å². The van der Waals surface area contributed by atoms with Gasteiger partial charge in [-0.05, 0) is 49.9 Å². The summed E-state index contributed by atoms with van der Waals surface area (Å²) < 4.78 is 11.3. The summed E-state index contributed by atoms with van der Waals surface area (Å²) >= 11 is 6.43. The predicted molar refractivity (Wildman–Crippen MR) is 128 cm³/mol.